The van der Waals surface area contributed by atoms with E-state index in [1.807, 2.05) is 36.4 Å². The van der Waals surface area contributed by atoms with Crippen LogP contribution in [0.5, 0.6) is 17.2 Å². The number of allylic oxidation sites excluding steroid dienone is 2. The Kier molecular flexibility index (Phi) is 7.39. The quantitative estimate of drug-likeness (QED) is 0.270. The Bertz CT molecular complexity index is 1850. The first-order chi connectivity index (χ1) is 22.5. The summed E-state index contributed by atoms with van der Waals surface area (Å²) in [6, 6.07) is 16.2. The van der Waals surface area contributed by atoms with Crippen molar-refractivity contribution in [2.75, 3.05) is 19.1 Å². The van der Waals surface area contributed by atoms with Gasteiger partial charge in [0.05, 0.1) is 54.6 Å². The first kappa shape index (κ1) is 30.9. The number of phenolic OH excluding ortho intramolecular Hbond substituents is 1. The van der Waals surface area contributed by atoms with Crippen LogP contribution in [-0.4, -0.2) is 47.9 Å². The predicted molar refractivity (Wildman–Crippen MR) is 169 cm³/mol. The van der Waals surface area contributed by atoms with E-state index in [0.29, 0.717) is 5.56 Å². The zero-order valence-electron chi connectivity index (χ0n) is 25.9. The van der Waals surface area contributed by atoms with Crippen molar-refractivity contribution in [1.29, 1.82) is 0 Å². The number of amides is 4. The van der Waals surface area contributed by atoms with E-state index in [2.05, 4.69) is 0 Å². The number of benzene rings is 3. The van der Waals surface area contributed by atoms with Crippen molar-refractivity contribution in [3.63, 3.8) is 0 Å². The normalized spacial score (nSPS) is 28.2. The molecule has 0 aromatic heterocycles. The summed E-state index contributed by atoms with van der Waals surface area (Å²) in [6.45, 7) is 1.87. The highest BCUT2D eigenvalue weighted by atomic mass is 35.5. The summed E-state index contributed by atoms with van der Waals surface area (Å²) < 4.78 is 25.1. The van der Waals surface area contributed by atoms with Gasteiger partial charge in [0, 0.05) is 5.92 Å². The maximum atomic E-state index is 14.6. The number of carbonyl (C=O) groups excluding carboxylic acids is 4. The van der Waals surface area contributed by atoms with Crippen LogP contribution in [-0.2, 0) is 25.7 Å². The van der Waals surface area contributed by atoms with Crippen LogP contribution in [0.25, 0.3) is 0 Å². The molecule has 3 fully saturated rings. The van der Waals surface area contributed by atoms with Crippen molar-refractivity contribution in [3.05, 3.63) is 94.3 Å². The average molecular weight is 659 g/mol. The van der Waals surface area contributed by atoms with Gasteiger partial charge in [-0.1, -0.05) is 53.6 Å². The maximum absolute atomic E-state index is 14.6. The predicted octanol–water partition coefficient (Wildman–Crippen LogP) is 5.63. The molecule has 0 bridgehead atoms. The highest BCUT2D eigenvalue weighted by Crippen LogP contribution is 2.64. The van der Waals surface area contributed by atoms with Crippen LogP contribution >= 0.6 is 11.6 Å². The maximum Gasteiger partial charge on any atom is 0.241 e. The number of anilines is 1. The Balaban J connectivity index is 1.37. The van der Waals surface area contributed by atoms with Gasteiger partial charge in [-0.3, -0.25) is 24.1 Å². The van der Waals surface area contributed by atoms with Crippen LogP contribution in [0.15, 0.2) is 72.3 Å². The van der Waals surface area contributed by atoms with Crippen molar-refractivity contribution >= 4 is 40.9 Å². The fourth-order valence-corrected chi connectivity index (χ4v) is 8.51. The summed E-state index contributed by atoms with van der Waals surface area (Å²) in [6.07, 6.45) is 2.38. The molecule has 47 heavy (non-hydrogen) atoms. The summed E-state index contributed by atoms with van der Waals surface area (Å²) in [4.78, 5) is 59.2. The zero-order valence-corrected chi connectivity index (χ0v) is 26.7. The number of methoxy groups -OCH3 is 2. The third kappa shape index (κ3) is 4.48. The number of nitrogens with zero attached hydrogens (tertiary/aromatic N) is 2. The van der Waals surface area contributed by atoms with Gasteiger partial charge in [-0.2, -0.15) is 0 Å². The first-order valence-electron chi connectivity index (χ1n) is 15.4. The molecule has 3 aromatic carbocycles. The Labute approximate surface area is 275 Å². The van der Waals surface area contributed by atoms with E-state index >= 15 is 0 Å². The number of rotatable bonds is 6. The van der Waals surface area contributed by atoms with E-state index in [9.17, 15) is 28.7 Å². The number of hydrogen-bond donors (Lipinski definition) is 1. The fourth-order valence-electron chi connectivity index (χ4n) is 8.33. The number of halogens is 2. The minimum Gasteiger partial charge on any atom is -0.502 e. The van der Waals surface area contributed by atoms with Gasteiger partial charge in [-0.05, 0) is 67.1 Å². The molecular weight excluding hydrogens is 627 g/mol. The van der Waals surface area contributed by atoms with E-state index < -0.39 is 52.6 Å². The third-order valence-electron chi connectivity index (χ3n) is 10.5. The second kappa shape index (κ2) is 11.2. The molecule has 2 saturated heterocycles. The lowest BCUT2D eigenvalue weighted by Crippen LogP contribution is -2.48. The lowest BCUT2D eigenvalue weighted by molar-refractivity contribution is -0.141. The lowest BCUT2D eigenvalue weighted by atomic mass is 9.51. The summed E-state index contributed by atoms with van der Waals surface area (Å²) >= 11 is 6.08. The van der Waals surface area contributed by atoms with Crippen molar-refractivity contribution in [3.8, 4) is 17.2 Å². The minimum atomic E-state index is -1.37. The van der Waals surface area contributed by atoms with Gasteiger partial charge in [0.2, 0.25) is 29.4 Å². The highest BCUT2D eigenvalue weighted by molar-refractivity contribution is 6.31. The molecule has 2 aliphatic carbocycles. The molecule has 1 saturated carbocycles. The van der Waals surface area contributed by atoms with Gasteiger partial charge in [0.15, 0.2) is 11.5 Å². The number of carbonyl (C=O) groups is 4. The van der Waals surface area contributed by atoms with Crippen LogP contribution < -0.4 is 14.4 Å². The largest absolute Gasteiger partial charge is 0.502 e. The monoisotopic (exact) mass is 658 g/mol. The van der Waals surface area contributed by atoms with Crippen molar-refractivity contribution in [2.24, 2.45) is 29.1 Å². The molecule has 9 nitrogen and oxygen atoms in total. The average Bonchev–Trinajstić information content (AvgIpc) is 3.42. The Morgan fingerprint density at radius 2 is 1.62 bits per heavy atom. The van der Waals surface area contributed by atoms with Crippen LogP contribution in [0.4, 0.5) is 10.1 Å². The van der Waals surface area contributed by atoms with Crippen molar-refractivity contribution < 1.29 is 38.1 Å². The molecule has 1 N–H and O–H groups in total. The van der Waals surface area contributed by atoms with E-state index in [1.54, 1.807) is 19.1 Å². The van der Waals surface area contributed by atoms with Crippen LogP contribution in [0.2, 0.25) is 5.02 Å². The summed E-state index contributed by atoms with van der Waals surface area (Å²) in [5.74, 6) is -5.80. The molecule has 0 radical (unpaired) electrons. The summed E-state index contributed by atoms with van der Waals surface area (Å²) in [5, 5.41) is 10.5. The van der Waals surface area contributed by atoms with Gasteiger partial charge in [0.1, 0.15) is 5.82 Å². The van der Waals surface area contributed by atoms with Crippen LogP contribution in [0.1, 0.15) is 36.8 Å². The number of phenols is 1. The number of aromatic hydroxyl groups is 1. The minimum absolute atomic E-state index is 0.107. The third-order valence-corrected chi connectivity index (χ3v) is 10.8. The summed E-state index contributed by atoms with van der Waals surface area (Å²) in [5.41, 5.74) is 0.899. The van der Waals surface area contributed by atoms with Crippen molar-refractivity contribution in [1.82, 2.24) is 4.90 Å². The Morgan fingerprint density at radius 3 is 2.26 bits per heavy atom. The summed E-state index contributed by atoms with van der Waals surface area (Å²) in [7, 11) is 2.79. The smallest absolute Gasteiger partial charge is 0.241 e. The molecule has 2 heterocycles. The molecular formula is C36H32ClFN2O7. The molecule has 11 heteroatoms. The number of ether oxygens (including phenoxy) is 2. The zero-order chi connectivity index (χ0) is 33.4. The molecule has 4 aliphatic rings. The van der Waals surface area contributed by atoms with E-state index in [4.69, 9.17) is 21.1 Å². The second-order valence-electron chi connectivity index (χ2n) is 12.8. The van der Waals surface area contributed by atoms with Gasteiger partial charge in [-0.25, -0.2) is 9.29 Å². The highest BCUT2D eigenvalue weighted by Gasteiger charge is 2.67. The lowest BCUT2D eigenvalue weighted by Gasteiger charge is -2.49. The number of fused-ring (bicyclic) bond motifs is 4. The molecule has 6 atom stereocenters. The number of hydrogen-bond acceptors (Lipinski definition) is 7. The van der Waals surface area contributed by atoms with Crippen molar-refractivity contribution in [2.45, 2.75) is 32.2 Å². The molecule has 0 unspecified atom stereocenters. The molecule has 2 aliphatic heterocycles. The molecule has 0 spiro atoms. The fraction of sp³-hybridized carbons (Fsp3) is 0.333. The van der Waals surface area contributed by atoms with Gasteiger partial charge >= 0.3 is 0 Å². The van der Waals surface area contributed by atoms with E-state index in [0.717, 1.165) is 22.1 Å². The number of likely N-dealkylation sites (tertiary alicyclic amines) is 1. The van der Waals surface area contributed by atoms with Gasteiger partial charge in [0.25, 0.3) is 0 Å². The molecule has 242 valence electrons. The number of imide groups is 2. The molecule has 3 aromatic rings. The molecule has 7 rings (SSSR count). The second-order valence-corrected chi connectivity index (χ2v) is 13.2. The van der Waals surface area contributed by atoms with E-state index in [1.165, 1.54) is 31.3 Å². The van der Waals surface area contributed by atoms with E-state index in [-0.39, 0.29) is 59.2 Å². The van der Waals surface area contributed by atoms with Gasteiger partial charge in [-0.15, -0.1) is 0 Å². The van der Waals surface area contributed by atoms with Crippen LogP contribution in [0, 0.1) is 34.9 Å². The molecule has 4 amide bonds. The standard InChI is InChI=1S/C36H32ClFN2O7/c1-36-24(33(43)40(35(36)45)20-9-12-26(38)25(37)15-20)16-23-21(30(36)19-13-27(46-2)31(41)28(14-19)47-3)10-11-22-29(23)34(44)39(32(22)42)17-18-7-5-4-6-8-18/h4-10,12-15,22-24,29-30,41H,11,16-17H2,1-3H3/t22-,23+,24-,29-,30-,36+/m0/s1. The Hall–Kier alpha value is -4.70. The Morgan fingerprint density at radius 1 is 0.936 bits per heavy atom. The van der Waals surface area contributed by atoms with Gasteiger partial charge < -0.3 is 14.6 Å². The SMILES string of the molecule is COc1cc([C@H]2C3=CC[C@@H]4C(=O)N(Cc5ccccc5)C(=O)[C@@H]4[C@@H]3C[C@H]3C(=O)N(c4ccc(F)c(Cl)c4)C(=O)[C@@]23C)cc(OC)c1O. The van der Waals surface area contributed by atoms with Crippen LogP contribution in [0.3, 0.4) is 0 Å². The first-order valence-corrected chi connectivity index (χ1v) is 15.8. The topological polar surface area (TPSA) is 113 Å².